The zero-order valence-electron chi connectivity index (χ0n) is 26.9. The topological polar surface area (TPSA) is 109 Å². The molecule has 0 saturated carbocycles. The molecule has 3 amide bonds. The summed E-state index contributed by atoms with van der Waals surface area (Å²) in [4.78, 5) is 46.1. The fraction of sp³-hybridized carbons (Fsp3) is 0.0769. The lowest BCUT2D eigenvalue weighted by atomic mass is 10.1. The number of carbonyl (C=O) groups is 3. The minimum absolute atomic E-state index is 0.0629. The van der Waals surface area contributed by atoms with Crippen molar-refractivity contribution in [3.63, 3.8) is 0 Å². The number of nitrogens with one attached hydrogen (secondary N) is 3. The van der Waals surface area contributed by atoms with Gasteiger partial charge >= 0.3 is 0 Å². The average Bonchev–Trinajstić information content (AvgIpc) is 3.85. The van der Waals surface area contributed by atoms with Crippen molar-refractivity contribution in [3.8, 4) is 16.3 Å². The number of anilines is 2. The second-order valence-electron chi connectivity index (χ2n) is 11.0. The van der Waals surface area contributed by atoms with Crippen molar-refractivity contribution in [2.45, 2.75) is 23.7 Å². The number of rotatable bonds is 13. The Morgan fingerprint density at radius 1 is 0.840 bits per heavy atom. The summed E-state index contributed by atoms with van der Waals surface area (Å²) in [5, 5.41) is 12.6. The van der Waals surface area contributed by atoms with Crippen LogP contribution in [0.1, 0.15) is 28.4 Å². The van der Waals surface area contributed by atoms with Crippen molar-refractivity contribution in [2.24, 2.45) is 0 Å². The Morgan fingerprint density at radius 2 is 1.60 bits per heavy atom. The third-order valence-corrected chi connectivity index (χ3v) is 9.99. The van der Waals surface area contributed by atoms with E-state index < -0.39 is 17.1 Å². The largest absolute Gasteiger partial charge is 0.489 e. The number of nitrogens with zero attached hydrogens (tertiary/aromatic N) is 1. The summed E-state index contributed by atoms with van der Waals surface area (Å²) in [5.74, 6) is -0.419. The van der Waals surface area contributed by atoms with Crippen molar-refractivity contribution in [3.05, 3.63) is 154 Å². The Kier molecular flexibility index (Phi) is 11.5. The molecule has 0 aliphatic heterocycles. The number of thioether (sulfide) groups is 1. The molecule has 1 unspecified atom stereocenters. The van der Waals surface area contributed by atoms with Gasteiger partial charge in [-0.2, -0.15) is 0 Å². The number of benzene rings is 4. The molecule has 0 spiro atoms. The summed E-state index contributed by atoms with van der Waals surface area (Å²) in [7, 11) is 0. The summed E-state index contributed by atoms with van der Waals surface area (Å²) in [6.45, 7) is 2.25. The molecule has 4 aromatic carbocycles. The first-order valence-electron chi connectivity index (χ1n) is 15.6. The molecule has 0 aliphatic carbocycles. The highest BCUT2D eigenvalue weighted by Gasteiger charge is 2.19. The maximum Gasteiger partial charge on any atom is 0.272 e. The fourth-order valence-corrected chi connectivity index (χ4v) is 7.09. The molecule has 6 rings (SSSR count). The lowest BCUT2D eigenvalue weighted by Gasteiger charge is -2.14. The van der Waals surface area contributed by atoms with E-state index in [1.54, 1.807) is 59.9 Å². The highest BCUT2D eigenvalue weighted by Crippen LogP contribution is 2.30. The summed E-state index contributed by atoms with van der Waals surface area (Å²) < 4.78 is 5.90. The van der Waals surface area contributed by atoms with E-state index in [0.29, 0.717) is 34.3 Å². The first kappa shape index (κ1) is 34.4. The molecular formula is C39H32N4O4S3. The molecule has 50 heavy (non-hydrogen) atoms. The standard InChI is InChI=1S/C39H32N4O4S3/c1-26(36(44)43-39-42-34(25-49-39)35-16-9-21-48-35)50-32-15-8-14-30(23-32)40-38(46)33(41-37(45)29-12-6-3-7-13-29)22-27-17-19-31(20-18-27)47-24-28-10-4-2-5-11-28/h2-23,25-26H,24H2,1H3,(H,40,46)(H,41,45)(H,42,43,44)/b33-22-. The average molecular weight is 717 g/mol. The predicted molar refractivity (Wildman–Crippen MR) is 204 cm³/mol. The molecule has 0 saturated heterocycles. The monoisotopic (exact) mass is 716 g/mol. The van der Waals surface area contributed by atoms with Gasteiger partial charge in [0.15, 0.2) is 5.13 Å². The number of ether oxygens (including phenoxy) is 1. The van der Waals surface area contributed by atoms with E-state index in [0.717, 1.165) is 21.0 Å². The van der Waals surface area contributed by atoms with E-state index in [2.05, 4.69) is 20.9 Å². The van der Waals surface area contributed by atoms with Crippen LogP contribution in [0.4, 0.5) is 10.8 Å². The molecule has 0 aliphatic rings. The molecule has 2 heterocycles. The summed E-state index contributed by atoms with van der Waals surface area (Å²) >= 11 is 4.34. The van der Waals surface area contributed by atoms with Crippen LogP contribution < -0.4 is 20.7 Å². The Bertz CT molecular complexity index is 2080. The van der Waals surface area contributed by atoms with E-state index >= 15 is 0 Å². The highest BCUT2D eigenvalue weighted by atomic mass is 32.2. The summed E-state index contributed by atoms with van der Waals surface area (Å²) in [5.41, 5.74) is 3.58. The molecule has 0 radical (unpaired) electrons. The highest BCUT2D eigenvalue weighted by molar-refractivity contribution is 8.00. The van der Waals surface area contributed by atoms with Gasteiger partial charge in [-0.25, -0.2) is 4.98 Å². The number of hydrogen-bond donors (Lipinski definition) is 3. The molecule has 2 aromatic heterocycles. The van der Waals surface area contributed by atoms with E-state index in [1.165, 1.54) is 23.1 Å². The van der Waals surface area contributed by atoms with Gasteiger partial charge in [-0.3, -0.25) is 14.4 Å². The molecule has 0 bridgehead atoms. The maximum absolute atomic E-state index is 13.6. The summed E-state index contributed by atoms with van der Waals surface area (Å²) in [6.07, 6.45) is 1.62. The van der Waals surface area contributed by atoms with Gasteiger partial charge in [-0.1, -0.05) is 72.8 Å². The number of carbonyl (C=O) groups excluding carboxylic acids is 3. The Morgan fingerprint density at radius 3 is 2.34 bits per heavy atom. The number of amides is 3. The minimum Gasteiger partial charge on any atom is -0.489 e. The van der Waals surface area contributed by atoms with Crippen LogP contribution >= 0.6 is 34.4 Å². The van der Waals surface area contributed by atoms with Crippen LogP contribution in [0.5, 0.6) is 5.75 Å². The van der Waals surface area contributed by atoms with Crippen LogP contribution in [0.15, 0.2) is 143 Å². The van der Waals surface area contributed by atoms with Crippen molar-refractivity contribution in [1.82, 2.24) is 10.3 Å². The lowest BCUT2D eigenvalue weighted by Crippen LogP contribution is -2.30. The molecule has 250 valence electrons. The van der Waals surface area contributed by atoms with Crippen LogP contribution in [-0.4, -0.2) is 28.0 Å². The number of hydrogen-bond acceptors (Lipinski definition) is 8. The second kappa shape index (κ2) is 16.8. The molecule has 3 N–H and O–H groups in total. The van der Waals surface area contributed by atoms with Gasteiger partial charge in [0.05, 0.1) is 15.8 Å². The normalized spacial score (nSPS) is 11.7. The maximum atomic E-state index is 13.6. The Hall–Kier alpha value is -5.49. The van der Waals surface area contributed by atoms with E-state index in [-0.39, 0.29) is 11.6 Å². The Balaban J connectivity index is 1.12. The van der Waals surface area contributed by atoms with E-state index in [9.17, 15) is 14.4 Å². The zero-order valence-corrected chi connectivity index (χ0v) is 29.3. The van der Waals surface area contributed by atoms with Crippen LogP contribution in [0.25, 0.3) is 16.6 Å². The second-order valence-corrected chi connectivity index (χ2v) is 14.2. The van der Waals surface area contributed by atoms with Gasteiger partial charge in [0.1, 0.15) is 18.1 Å². The van der Waals surface area contributed by atoms with Gasteiger partial charge in [0.2, 0.25) is 5.91 Å². The molecule has 0 fully saturated rings. The van der Waals surface area contributed by atoms with Crippen molar-refractivity contribution < 1.29 is 19.1 Å². The van der Waals surface area contributed by atoms with Crippen LogP contribution in [0.2, 0.25) is 0 Å². The van der Waals surface area contributed by atoms with Crippen LogP contribution in [-0.2, 0) is 16.2 Å². The SMILES string of the molecule is CC(Sc1cccc(NC(=O)/C(=C/c2ccc(OCc3ccccc3)cc2)NC(=O)c2ccccc2)c1)C(=O)Nc1nc(-c2cccs2)cs1. The minimum atomic E-state index is -0.503. The van der Waals surface area contributed by atoms with Gasteiger partial charge in [0.25, 0.3) is 11.8 Å². The molecule has 8 nitrogen and oxygen atoms in total. The number of thiazole rings is 1. The van der Waals surface area contributed by atoms with Crippen molar-refractivity contribution >= 4 is 69.1 Å². The third kappa shape index (κ3) is 9.56. The van der Waals surface area contributed by atoms with E-state index in [4.69, 9.17) is 4.74 Å². The smallest absolute Gasteiger partial charge is 0.272 e. The van der Waals surface area contributed by atoms with Gasteiger partial charge < -0.3 is 20.7 Å². The van der Waals surface area contributed by atoms with E-state index in [1.807, 2.05) is 96.5 Å². The third-order valence-electron chi connectivity index (χ3n) is 7.25. The molecule has 11 heteroatoms. The van der Waals surface area contributed by atoms with Gasteiger partial charge in [-0.15, -0.1) is 34.4 Å². The first-order valence-corrected chi connectivity index (χ1v) is 18.3. The number of aromatic nitrogens is 1. The molecule has 6 aromatic rings. The first-order chi connectivity index (χ1) is 24.4. The fourth-order valence-electron chi connectivity index (χ4n) is 4.69. The van der Waals surface area contributed by atoms with Crippen LogP contribution in [0, 0.1) is 0 Å². The number of thiophene rings is 1. The molecule has 1 atom stereocenters. The van der Waals surface area contributed by atoms with Gasteiger partial charge in [0, 0.05) is 21.5 Å². The zero-order chi connectivity index (χ0) is 34.7. The predicted octanol–water partition coefficient (Wildman–Crippen LogP) is 8.98. The summed E-state index contributed by atoms with van der Waals surface area (Å²) in [6, 6.07) is 37.0. The van der Waals surface area contributed by atoms with Gasteiger partial charge in [-0.05, 0) is 78.0 Å². The lowest BCUT2D eigenvalue weighted by molar-refractivity contribution is -0.115. The molecular weight excluding hydrogens is 685 g/mol. The Labute approximate surface area is 302 Å². The quantitative estimate of drug-likeness (QED) is 0.0814. The van der Waals surface area contributed by atoms with Crippen molar-refractivity contribution in [2.75, 3.05) is 10.6 Å². The van der Waals surface area contributed by atoms with Crippen molar-refractivity contribution in [1.29, 1.82) is 0 Å². The van der Waals surface area contributed by atoms with Crippen LogP contribution in [0.3, 0.4) is 0 Å².